The number of nitrogens with one attached hydrogen (secondary N) is 1. The van der Waals surface area contributed by atoms with E-state index in [1.54, 1.807) is 0 Å². The van der Waals surface area contributed by atoms with Gasteiger partial charge < -0.3 is 0 Å². The molecule has 7 nitrogen and oxygen atoms in total. The molecule has 0 aromatic rings. The molecule has 0 saturated carbocycles. The number of rotatable bonds is 3. The molecule has 0 spiro atoms. The van der Waals surface area contributed by atoms with Crippen LogP contribution < -0.4 is 4.72 Å². The molecule has 17 heavy (non-hydrogen) atoms. The van der Waals surface area contributed by atoms with Crippen molar-refractivity contribution in [2.75, 3.05) is 0 Å². The third-order valence-corrected chi connectivity index (χ3v) is 4.49. The molecule has 1 amide bonds. The lowest BCUT2D eigenvalue weighted by molar-refractivity contribution is -0.126. The molecule has 0 aromatic heterocycles. The molecule has 0 heterocycles. The number of halogens is 2. The largest absolute Gasteiger partial charge is 0.489 e. The molecule has 0 aromatic carbocycles. The Morgan fingerprint density at radius 2 is 1.47 bits per heavy atom. The first-order valence-corrected chi connectivity index (χ1v) is 6.97. The normalized spacial score (nSPS) is 14.5. The minimum atomic E-state index is -6.19. The van der Waals surface area contributed by atoms with Crippen molar-refractivity contribution < 1.29 is 35.0 Å². The molecule has 102 valence electrons. The molecular weight excluding hydrogens is 284 g/mol. The van der Waals surface area contributed by atoms with Crippen molar-refractivity contribution in [3.63, 3.8) is 0 Å². The summed E-state index contributed by atoms with van der Waals surface area (Å²) in [7, 11) is -12.1. The Bertz CT molecular complexity index is 515. The zero-order valence-corrected chi connectivity index (χ0v) is 10.7. The second-order valence-corrected chi connectivity index (χ2v) is 7.57. The van der Waals surface area contributed by atoms with E-state index in [9.17, 15) is 30.4 Å². The van der Waals surface area contributed by atoms with Crippen LogP contribution in [0.3, 0.4) is 0 Å². The van der Waals surface area contributed by atoms with Crippen LogP contribution in [0.4, 0.5) is 8.78 Å². The predicted octanol–water partition coefficient (Wildman–Crippen LogP) is -0.0834. The van der Waals surface area contributed by atoms with E-state index in [0.717, 1.165) is 4.72 Å². The lowest BCUT2D eigenvalue weighted by atomic mass is 9.96. The highest BCUT2D eigenvalue weighted by Gasteiger charge is 2.58. The van der Waals surface area contributed by atoms with E-state index < -0.39 is 36.1 Å². The van der Waals surface area contributed by atoms with Crippen LogP contribution in [0, 0.1) is 5.41 Å². The summed E-state index contributed by atoms with van der Waals surface area (Å²) in [4.78, 5) is 11.2. The fourth-order valence-corrected chi connectivity index (χ4v) is 2.38. The first-order chi connectivity index (χ1) is 7.13. The summed E-state index contributed by atoms with van der Waals surface area (Å²) in [6.07, 6.45) is 0. The number of alkyl halides is 2. The van der Waals surface area contributed by atoms with Gasteiger partial charge in [0.05, 0.1) is 0 Å². The predicted molar refractivity (Wildman–Crippen MR) is 53.0 cm³/mol. The molecule has 0 saturated heterocycles. The van der Waals surface area contributed by atoms with Gasteiger partial charge >= 0.3 is 24.7 Å². The number of hydrogen-bond donors (Lipinski definition) is 2. The zero-order chi connectivity index (χ0) is 14.3. The summed E-state index contributed by atoms with van der Waals surface area (Å²) in [6, 6.07) is 0. The van der Waals surface area contributed by atoms with Gasteiger partial charge in [0.1, 0.15) is 0 Å². The fraction of sp³-hybridized carbons (Fsp3) is 0.833. The minimum Gasteiger partial charge on any atom is -0.280 e. The standard InChI is InChI=1S/C6H11F2NO6S2/c1-5(2,3)4(10)9-16(11,12)6(7,8)17(13,14)15/h1-3H3,(H,9,10)(H,13,14,15). The number of amides is 1. The van der Waals surface area contributed by atoms with Crippen LogP contribution in [0.15, 0.2) is 0 Å². The van der Waals surface area contributed by atoms with Crippen LogP contribution >= 0.6 is 0 Å². The van der Waals surface area contributed by atoms with Crippen molar-refractivity contribution in [2.45, 2.75) is 25.4 Å². The number of sulfonamides is 1. The average Bonchev–Trinajstić information content (AvgIpc) is 1.98. The Hall–Kier alpha value is -0.810. The van der Waals surface area contributed by atoms with E-state index in [1.165, 1.54) is 20.8 Å². The molecule has 0 aliphatic rings. The van der Waals surface area contributed by atoms with Gasteiger partial charge in [-0.15, -0.1) is 0 Å². The highest BCUT2D eigenvalue weighted by atomic mass is 32.3. The third kappa shape index (κ3) is 3.33. The van der Waals surface area contributed by atoms with Crippen molar-refractivity contribution in [1.29, 1.82) is 0 Å². The first-order valence-electron chi connectivity index (χ1n) is 4.04. The number of hydrogen-bond acceptors (Lipinski definition) is 5. The van der Waals surface area contributed by atoms with Crippen LogP contribution in [0.5, 0.6) is 0 Å². The van der Waals surface area contributed by atoms with E-state index >= 15 is 0 Å². The molecule has 0 atom stereocenters. The monoisotopic (exact) mass is 295 g/mol. The highest BCUT2D eigenvalue weighted by Crippen LogP contribution is 2.27. The molecule has 0 aliphatic heterocycles. The quantitative estimate of drug-likeness (QED) is 0.703. The molecule has 0 aliphatic carbocycles. The second-order valence-electron chi connectivity index (χ2n) is 4.12. The summed E-state index contributed by atoms with van der Waals surface area (Å²) in [5, 5.41) is 0. The summed E-state index contributed by atoms with van der Waals surface area (Å²) in [5.74, 6) is -1.33. The first kappa shape index (κ1) is 16.2. The van der Waals surface area contributed by atoms with Crippen molar-refractivity contribution in [3.05, 3.63) is 0 Å². The van der Waals surface area contributed by atoms with Gasteiger partial charge in [0.15, 0.2) is 0 Å². The minimum absolute atomic E-state index is 0.887. The van der Waals surface area contributed by atoms with Gasteiger partial charge in [0.25, 0.3) is 0 Å². The van der Waals surface area contributed by atoms with E-state index in [4.69, 9.17) is 4.55 Å². The molecule has 0 fully saturated rings. The van der Waals surface area contributed by atoms with Crippen molar-refractivity contribution in [1.82, 2.24) is 4.72 Å². The van der Waals surface area contributed by atoms with Crippen LogP contribution in [-0.2, 0) is 24.9 Å². The molecule has 2 N–H and O–H groups in total. The summed E-state index contributed by atoms with van der Waals surface area (Å²) in [5.41, 5.74) is -1.33. The zero-order valence-electron chi connectivity index (χ0n) is 9.06. The van der Waals surface area contributed by atoms with Crippen LogP contribution in [0.1, 0.15) is 20.8 Å². The van der Waals surface area contributed by atoms with Gasteiger partial charge in [-0.25, -0.2) is 4.72 Å². The van der Waals surface area contributed by atoms with Crippen molar-refractivity contribution >= 4 is 26.0 Å². The second kappa shape index (κ2) is 4.14. The smallest absolute Gasteiger partial charge is 0.280 e. The van der Waals surface area contributed by atoms with E-state index in [-0.39, 0.29) is 0 Å². The Balaban J connectivity index is 5.43. The Labute approximate surface area is 97.0 Å². The van der Waals surface area contributed by atoms with Crippen LogP contribution in [-0.4, -0.2) is 31.9 Å². The Morgan fingerprint density at radius 3 is 1.71 bits per heavy atom. The van der Waals surface area contributed by atoms with E-state index in [0.29, 0.717) is 0 Å². The van der Waals surface area contributed by atoms with Gasteiger partial charge in [0.2, 0.25) is 5.91 Å². The maximum absolute atomic E-state index is 12.8. The average molecular weight is 295 g/mol. The Morgan fingerprint density at radius 1 is 1.12 bits per heavy atom. The highest BCUT2D eigenvalue weighted by molar-refractivity contribution is 8.06. The lowest BCUT2D eigenvalue weighted by Gasteiger charge is -2.20. The van der Waals surface area contributed by atoms with Crippen molar-refractivity contribution in [3.8, 4) is 0 Å². The van der Waals surface area contributed by atoms with Gasteiger partial charge in [-0.2, -0.15) is 25.6 Å². The summed E-state index contributed by atoms with van der Waals surface area (Å²) in [6.45, 7) is 3.68. The number of carbonyl (C=O) groups excluding carboxylic acids is 1. The van der Waals surface area contributed by atoms with Gasteiger partial charge in [-0.05, 0) is 0 Å². The maximum Gasteiger partial charge on any atom is 0.489 e. The molecule has 0 bridgehead atoms. The maximum atomic E-state index is 12.8. The molecule has 11 heteroatoms. The van der Waals surface area contributed by atoms with Gasteiger partial charge in [0, 0.05) is 5.41 Å². The van der Waals surface area contributed by atoms with Crippen LogP contribution in [0.25, 0.3) is 0 Å². The van der Waals surface area contributed by atoms with Gasteiger partial charge in [-0.1, -0.05) is 20.8 Å². The molecular formula is C6H11F2NO6S2. The Kier molecular flexibility index (Phi) is 3.94. The molecule has 0 radical (unpaired) electrons. The SMILES string of the molecule is CC(C)(C)C(=O)NS(=O)(=O)C(F)(F)S(=O)(=O)O. The van der Waals surface area contributed by atoms with Gasteiger partial charge in [-0.3, -0.25) is 9.35 Å². The van der Waals surface area contributed by atoms with Crippen LogP contribution in [0.2, 0.25) is 0 Å². The van der Waals surface area contributed by atoms with E-state index in [2.05, 4.69) is 0 Å². The lowest BCUT2D eigenvalue weighted by Crippen LogP contribution is -2.49. The number of carbonyl (C=O) groups is 1. The summed E-state index contributed by atoms with van der Waals surface area (Å²) >= 11 is 0. The molecule has 0 unspecified atom stereocenters. The third-order valence-electron chi connectivity index (χ3n) is 1.52. The fourth-order valence-electron chi connectivity index (χ4n) is 0.473. The summed E-state index contributed by atoms with van der Waals surface area (Å²) < 4.78 is 71.4. The molecule has 0 rings (SSSR count). The topological polar surface area (TPSA) is 118 Å². The van der Waals surface area contributed by atoms with Crippen molar-refractivity contribution in [2.24, 2.45) is 5.41 Å². The van der Waals surface area contributed by atoms with E-state index in [1.807, 2.05) is 0 Å².